The molecule has 1 heterocycles. The van der Waals surface area contributed by atoms with E-state index in [4.69, 9.17) is 0 Å². The molecule has 0 aromatic heterocycles. The van der Waals surface area contributed by atoms with Gasteiger partial charge < -0.3 is 9.80 Å². The van der Waals surface area contributed by atoms with Crippen LogP contribution in [0.4, 0.5) is 0 Å². The monoisotopic (exact) mass is 477 g/mol. The lowest BCUT2D eigenvalue weighted by atomic mass is 10.0. The smallest absolute Gasteiger partial charge is 0.101 e. The van der Waals surface area contributed by atoms with Crippen LogP contribution in [0.3, 0.4) is 0 Å². The predicted molar refractivity (Wildman–Crippen MR) is 154 cm³/mol. The van der Waals surface area contributed by atoms with Crippen LogP contribution in [0, 0.1) is 0 Å². The average Bonchev–Trinajstić information content (AvgIpc) is 3.22. The Morgan fingerprint density at radius 3 is 0.971 bits per heavy atom. The molecule has 1 atom stereocenters. The fourth-order valence-corrected chi connectivity index (χ4v) is 5.51. The lowest BCUT2D eigenvalue weighted by Crippen LogP contribution is -2.39. The predicted octanol–water partition coefficient (Wildman–Crippen LogP) is 10.8. The van der Waals surface area contributed by atoms with Crippen molar-refractivity contribution in [3.05, 3.63) is 12.4 Å². The second-order valence-electron chi connectivity index (χ2n) is 11.1. The lowest BCUT2D eigenvalue weighted by Gasteiger charge is -2.33. The first kappa shape index (κ1) is 31.4. The third-order valence-electron chi connectivity index (χ3n) is 7.80. The van der Waals surface area contributed by atoms with Gasteiger partial charge in [-0.2, -0.15) is 0 Å². The van der Waals surface area contributed by atoms with E-state index in [2.05, 4.69) is 43.0 Å². The summed E-state index contributed by atoms with van der Waals surface area (Å²) in [6.07, 6.45) is 39.6. The van der Waals surface area contributed by atoms with Gasteiger partial charge >= 0.3 is 0 Å². The Morgan fingerprint density at radius 2 is 0.676 bits per heavy atom. The molecule has 0 radical (unpaired) electrons. The van der Waals surface area contributed by atoms with Gasteiger partial charge in [0.05, 0.1) is 0 Å². The SMILES string of the molecule is CCCCCCCCCCCCCCCCCN1C=CN(CCCCCCCCC)C1CCC. The topological polar surface area (TPSA) is 6.48 Å². The highest BCUT2D eigenvalue weighted by Crippen LogP contribution is 2.22. The van der Waals surface area contributed by atoms with E-state index in [1.54, 1.807) is 0 Å². The molecule has 202 valence electrons. The minimum Gasteiger partial charge on any atom is -0.356 e. The fourth-order valence-electron chi connectivity index (χ4n) is 5.51. The summed E-state index contributed by atoms with van der Waals surface area (Å²) in [5, 5.41) is 0. The molecule has 0 N–H and O–H groups in total. The van der Waals surface area contributed by atoms with Crippen LogP contribution in [-0.2, 0) is 0 Å². The molecule has 0 aromatic rings. The summed E-state index contributed by atoms with van der Waals surface area (Å²) in [6, 6.07) is 0. The minimum atomic E-state index is 0.636. The second-order valence-corrected chi connectivity index (χ2v) is 11.1. The summed E-state index contributed by atoms with van der Waals surface area (Å²) in [5.74, 6) is 0. The maximum Gasteiger partial charge on any atom is 0.101 e. The maximum atomic E-state index is 2.65. The molecule has 0 bridgehead atoms. The third-order valence-corrected chi connectivity index (χ3v) is 7.80. The zero-order chi connectivity index (χ0) is 24.5. The highest BCUT2D eigenvalue weighted by atomic mass is 15.4. The molecule has 0 aliphatic carbocycles. The minimum absolute atomic E-state index is 0.636. The number of hydrogen-bond donors (Lipinski definition) is 0. The van der Waals surface area contributed by atoms with Crippen molar-refractivity contribution in [3.8, 4) is 0 Å². The Balaban J connectivity index is 1.96. The molecule has 0 saturated heterocycles. The summed E-state index contributed by atoms with van der Waals surface area (Å²) < 4.78 is 0. The summed E-state index contributed by atoms with van der Waals surface area (Å²) in [7, 11) is 0. The highest BCUT2D eigenvalue weighted by molar-refractivity contribution is 4.96. The molecule has 2 nitrogen and oxygen atoms in total. The Hall–Kier alpha value is -0.660. The van der Waals surface area contributed by atoms with Crippen LogP contribution in [0.2, 0.25) is 0 Å². The Bertz CT molecular complexity index is 433. The average molecular weight is 477 g/mol. The Morgan fingerprint density at radius 1 is 0.382 bits per heavy atom. The van der Waals surface area contributed by atoms with Crippen LogP contribution in [0.25, 0.3) is 0 Å². The van der Waals surface area contributed by atoms with Gasteiger partial charge in [-0.15, -0.1) is 0 Å². The first-order valence-corrected chi connectivity index (χ1v) is 16.0. The van der Waals surface area contributed by atoms with Crippen molar-refractivity contribution in [2.24, 2.45) is 0 Å². The van der Waals surface area contributed by atoms with Crippen molar-refractivity contribution in [2.75, 3.05) is 13.1 Å². The van der Waals surface area contributed by atoms with Crippen LogP contribution >= 0.6 is 0 Å². The molecule has 34 heavy (non-hydrogen) atoms. The maximum absolute atomic E-state index is 2.65. The van der Waals surface area contributed by atoms with Gasteiger partial charge in [-0.3, -0.25) is 0 Å². The molecule has 0 spiro atoms. The van der Waals surface area contributed by atoms with Crippen LogP contribution in [0.1, 0.15) is 175 Å². The van der Waals surface area contributed by atoms with E-state index in [9.17, 15) is 0 Å². The van der Waals surface area contributed by atoms with E-state index in [1.807, 2.05) is 0 Å². The number of unbranched alkanes of at least 4 members (excludes halogenated alkanes) is 20. The quantitative estimate of drug-likeness (QED) is 0.114. The summed E-state index contributed by atoms with van der Waals surface area (Å²) in [6.45, 7) is 9.46. The summed E-state index contributed by atoms with van der Waals surface area (Å²) in [4.78, 5) is 5.29. The van der Waals surface area contributed by atoms with Gasteiger partial charge in [0.25, 0.3) is 0 Å². The Labute approximate surface area is 216 Å². The van der Waals surface area contributed by atoms with Crippen LogP contribution in [-0.4, -0.2) is 29.1 Å². The summed E-state index contributed by atoms with van der Waals surface area (Å²) >= 11 is 0. The number of rotatable bonds is 26. The van der Waals surface area contributed by atoms with E-state index in [0.29, 0.717) is 6.17 Å². The van der Waals surface area contributed by atoms with Crippen molar-refractivity contribution >= 4 is 0 Å². The van der Waals surface area contributed by atoms with E-state index in [-0.39, 0.29) is 0 Å². The molecule has 1 unspecified atom stereocenters. The van der Waals surface area contributed by atoms with Crippen molar-refractivity contribution in [1.29, 1.82) is 0 Å². The zero-order valence-electron chi connectivity index (χ0n) is 24.0. The molecule has 0 fully saturated rings. The molecule has 1 aliphatic heterocycles. The van der Waals surface area contributed by atoms with Crippen LogP contribution < -0.4 is 0 Å². The summed E-state index contributed by atoms with van der Waals surface area (Å²) in [5.41, 5.74) is 0. The van der Waals surface area contributed by atoms with Crippen LogP contribution in [0.5, 0.6) is 0 Å². The molecular formula is C32H64N2. The highest BCUT2D eigenvalue weighted by Gasteiger charge is 2.24. The lowest BCUT2D eigenvalue weighted by molar-refractivity contribution is 0.138. The van der Waals surface area contributed by atoms with Gasteiger partial charge in [0, 0.05) is 25.5 Å². The molecule has 2 heteroatoms. The van der Waals surface area contributed by atoms with Crippen LogP contribution in [0.15, 0.2) is 12.4 Å². The van der Waals surface area contributed by atoms with Gasteiger partial charge in [-0.25, -0.2) is 0 Å². The molecule has 0 aromatic carbocycles. The molecule has 1 aliphatic rings. The van der Waals surface area contributed by atoms with E-state index in [1.165, 1.54) is 167 Å². The second kappa shape index (κ2) is 24.1. The molecular weight excluding hydrogens is 412 g/mol. The standard InChI is InChI=1S/C32H64N2/c1-4-7-9-11-13-14-15-16-17-18-19-20-22-24-26-29-34-31-30-33(32(34)27-6-3)28-25-23-21-12-10-8-5-2/h30-32H,4-29H2,1-3H3. The fraction of sp³-hybridized carbons (Fsp3) is 0.938. The zero-order valence-corrected chi connectivity index (χ0v) is 24.0. The third kappa shape index (κ3) is 16.9. The van der Waals surface area contributed by atoms with Crippen molar-refractivity contribution in [2.45, 2.75) is 181 Å². The number of nitrogens with zero attached hydrogens (tertiary/aromatic N) is 2. The van der Waals surface area contributed by atoms with Crippen molar-refractivity contribution < 1.29 is 0 Å². The van der Waals surface area contributed by atoms with Gasteiger partial charge in [-0.05, 0) is 19.3 Å². The van der Waals surface area contributed by atoms with E-state index < -0.39 is 0 Å². The first-order valence-electron chi connectivity index (χ1n) is 16.0. The van der Waals surface area contributed by atoms with Gasteiger partial charge in [-0.1, -0.05) is 156 Å². The van der Waals surface area contributed by atoms with E-state index >= 15 is 0 Å². The normalized spacial score (nSPS) is 15.7. The first-order chi connectivity index (χ1) is 16.8. The van der Waals surface area contributed by atoms with Crippen molar-refractivity contribution in [3.63, 3.8) is 0 Å². The number of hydrogen-bond acceptors (Lipinski definition) is 2. The van der Waals surface area contributed by atoms with Gasteiger partial charge in [0.2, 0.25) is 0 Å². The van der Waals surface area contributed by atoms with Gasteiger partial charge in [0.15, 0.2) is 0 Å². The molecule has 0 amide bonds. The molecule has 1 rings (SSSR count). The molecule has 0 saturated carbocycles. The van der Waals surface area contributed by atoms with Crippen molar-refractivity contribution in [1.82, 2.24) is 9.80 Å². The van der Waals surface area contributed by atoms with Gasteiger partial charge in [0.1, 0.15) is 6.17 Å². The largest absolute Gasteiger partial charge is 0.356 e. The Kier molecular flexibility index (Phi) is 22.2. The van der Waals surface area contributed by atoms with E-state index in [0.717, 1.165) is 0 Å².